The van der Waals surface area contributed by atoms with Gasteiger partial charge in [0.2, 0.25) is 0 Å². The number of nitrogens with zero attached hydrogens (tertiary/aromatic N) is 1. The van der Waals surface area contributed by atoms with Crippen LogP contribution in [0.25, 0.3) is 0 Å². The number of hydrogen-bond donors (Lipinski definition) is 1. The van der Waals surface area contributed by atoms with Crippen LogP contribution in [0.1, 0.15) is 51.9 Å². The lowest BCUT2D eigenvalue weighted by atomic mass is 9.59. The van der Waals surface area contributed by atoms with Gasteiger partial charge < -0.3 is 15.2 Å². The van der Waals surface area contributed by atoms with Crippen LogP contribution in [0.5, 0.6) is 0 Å². The zero-order valence-corrected chi connectivity index (χ0v) is 15.8. The molecule has 2 fully saturated rings. The lowest BCUT2D eigenvalue weighted by molar-refractivity contribution is -0.0478. The summed E-state index contributed by atoms with van der Waals surface area (Å²) in [5, 5.41) is 0.241. The number of ether oxygens (including phenoxy) is 2. The second-order valence-electron chi connectivity index (χ2n) is 8.33. The molecular formula is C20H28N2O2S. The molecule has 0 aromatic rings. The number of thiocarbonyl (C=S) groups is 1. The summed E-state index contributed by atoms with van der Waals surface area (Å²) in [5.41, 5.74) is 8.95. The molecule has 2 N–H and O–H groups in total. The smallest absolute Gasteiger partial charge is 0.190 e. The highest BCUT2D eigenvalue weighted by molar-refractivity contribution is 7.80. The zero-order chi connectivity index (χ0) is 17.5. The third-order valence-electron chi connectivity index (χ3n) is 6.54. The molecule has 4 aliphatic rings. The van der Waals surface area contributed by atoms with Gasteiger partial charge in [0.25, 0.3) is 0 Å². The van der Waals surface area contributed by atoms with Gasteiger partial charge in [0.05, 0.1) is 13.2 Å². The number of hydrogen-bond acceptors (Lipinski definition) is 3. The molecule has 0 aromatic carbocycles. The standard InChI is InChI=1S/C20H28N2O2S/c1-19-6-5-15-12-16(22-18(21)25)11-14(20(15,13-19)8-7-19)3-2-4-17-23-9-10-24-17/h5-6,11,15,17H,2-4,7-10,12-13H2,1H3,(H2,21,25)/b22-16-/t15?,19-,20+/m1/s1. The lowest BCUT2D eigenvalue weighted by Crippen LogP contribution is -2.38. The van der Waals surface area contributed by atoms with Crippen LogP contribution in [0.4, 0.5) is 0 Å². The van der Waals surface area contributed by atoms with E-state index in [4.69, 9.17) is 27.4 Å². The number of nitrogens with two attached hydrogens (primary N) is 1. The van der Waals surface area contributed by atoms with Crippen LogP contribution in [0, 0.1) is 16.7 Å². The van der Waals surface area contributed by atoms with Gasteiger partial charge in [-0.25, -0.2) is 4.99 Å². The average molecular weight is 361 g/mol. The van der Waals surface area contributed by atoms with Crippen LogP contribution >= 0.6 is 12.2 Å². The second kappa shape index (κ2) is 6.60. The Morgan fingerprint density at radius 1 is 1.36 bits per heavy atom. The maximum absolute atomic E-state index is 5.68. The summed E-state index contributed by atoms with van der Waals surface area (Å²) >= 11 is 5.01. The van der Waals surface area contributed by atoms with Crippen LogP contribution in [-0.4, -0.2) is 30.3 Å². The molecule has 1 heterocycles. The molecule has 136 valence electrons. The predicted molar refractivity (Wildman–Crippen MR) is 103 cm³/mol. The highest BCUT2D eigenvalue weighted by atomic mass is 32.1. The topological polar surface area (TPSA) is 56.8 Å². The Balaban J connectivity index is 1.56. The van der Waals surface area contributed by atoms with E-state index >= 15 is 0 Å². The fraction of sp³-hybridized carbons (Fsp3) is 0.700. The molecule has 2 bridgehead atoms. The minimum absolute atomic E-state index is 0.0117. The first-order valence-corrected chi connectivity index (χ1v) is 9.91. The average Bonchev–Trinajstić information content (AvgIpc) is 3.15. The highest BCUT2D eigenvalue weighted by Crippen LogP contribution is 2.63. The Morgan fingerprint density at radius 2 is 2.16 bits per heavy atom. The maximum atomic E-state index is 5.68. The molecule has 3 atom stereocenters. The molecule has 1 saturated carbocycles. The van der Waals surface area contributed by atoms with E-state index in [1.807, 2.05) is 0 Å². The van der Waals surface area contributed by atoms with Gasteiger partial charge in [-0.3, -0.25) is 0 Å². The molecule has 1 spiro atoms. The molecule has 5 heteroatoms. The van der Waals surface area contributed by atoms with Crippen molar-refractivity contribution >= 4 is 23.0 Å². The Hall–Kier alpha value is -1.04. The van der Waals surface area contributed by atoms with Crippen molar-refractivity contribution in [3.63, 3.8) is 0 Å². The summed E-state index contributed by atoms with van der Waals surface area (Å²) in [6.45, 7) is 3.87. The van der Waals surface area contributed by atoms with Crippen molar-refractivity contribution in [2.75, 3.05) is 13.2 Å². The van der Waals surface area contributed by atoms with Crippen molar-refractivity contribution in [2.24, 2.45) is 27.5 Å². The van der Waals surface area contributed by atoms with Crippen molar-refractivity contribution in [3.8, 4) is 0 Å². The van der Waals surface area contributed by atoms with Crippen LogP contribution in [-0.2, 0) is 9.47 Å². The number of rotatable bonds is 4. The molecule has 1 aliphatic heterocycles. The SMILES string of the molecule is C[C@@]12C=CC3C/C(=N\C(N)=S)C=C(CCCC4OCCO4)[C@]3(CC1)C2. The largest absolute Gasteiger partial charge is 0.374 e. The Morgan fingerprint density at radius 3 is 2.92 bits per heavy atom. The van der Waals surface area contributed by atoms with Crippen molar-refractivity contribution in [1.82, 2.24) is 0 Å². The van der Waals surface area contributed by atoms with E-state index in [0.29, 0.717) is 16.7 Å². The van der Waals surface area contributed by atoms with E-state index < -0.39 is 0 Å². The quantitative estimate of drug-likeness (QED) is 0.610. The lowest BCUT2D eigenvalue weighted by Gasteiger charge is -2.45. The van der Waals surface area contributed by atoms with Crippen LogP contribution in [0.2, 0.25) is 0 Å². The molecule has 4 rings (SSSR count). The molecule has 1 saturated heterocycles. The third kappa shape index (κ3) is 3.34. The highest BCUT2D eigenvalue weighted by Gasteiger charge is 2.54. The van der Waals surface area contributed by atoms with Gasteiger partial charge in [-0.1, -0.05) is 24.6 Å². The maximum Gasteiger partial charge on any atom is 0.190 e. The van der Waals surface area contributed by atoms with E-state index in [1.54, 1.807) is 5.57 Å². The number of aliphatic imine (C=N–C) groups is 1. The Labute approximate surface area is 155 Å². The minimum atomic E-state index is -0.0117. The zero-order valence-electron chi connectivity index (χ0n) is 15.0. The van der Waals surface area contributed by atoms with E-state index in [1.165, 1.54) is 19.3 Å². The molecule has 4 nitrogen and oxygen atoms in total. The molecule has 0 amide bonds. The fourth-order valence-electron chi connectivity index (χ4n) is 5.38. The first-order valence-electron chi connectivity index (χ1n) is 9.50. The monoisotopic (exact) mass is 360 g/mol. The van der Waals surface area contributed by atoms with Crippen LogP contribution in [0.3, 0.4) is 0 Å². The minimum Gasteiger partial charge on any atom is -0.374 e. The summed E-state index contributed by atoms with van der Waals surface area (Å²) in [4.78, 5) is 4.43. The summed E-state index contributed by atoms with van der Waals surface area (Å²) in [6, 6.07) is 0. The van der Waals surface area contributed by atoms with Gasteiger partial charge in [-0.05, 0) is 80.0 Å². The van der Waals surface area contributed by atoms with E-state index in [0.717, 1.165) is 44.6 Å². The van der Waals surface area contributed by atoms with Gasteiger partial charge in [-0.15, -0.1) is 0 Å². The summed E-state index contributed by atoms with van der Waals surface area (Å²) in [7, 11) is 0. The van der Waals surface area contributed by atoms with E-state index in [-0.39, 0.29) is 11.4 Å². The third-order valence-corrected chi connectivity index (χ3v) is 6.63. The molecule has 3 aliphatic carbocycles. The van der Waals surface area contributed by atoms with Crippen molar-refractivity contribution in [2.45, 2.75) is 58.2 Å². The van der Waals surface area contributed by atoms with E-state index in [2.05, 4.69) is 30.1 Å². The number of fused-ring (bicyclic) bond motifs is 1. The fourth-order valence-corrected chi connectivity index (χ4v) is 5.49. The molecule has 0 aromatic heterocycles. The van der Waals surface area contributed by atoms with Crippen molar-refractivity contribution in [1.29, 1.82) is 0 Å². The normalized spacial score (nSPS) is 38.8. The van der Waals surface area contributed by atoms with Gasteiger partial charge in [0.15, 0.2) is 11.4 Å². The van der Waals surface area contributed by atoms with Gasteiger partial charge in [-0.2, -0.15) is 0 Å². The van der Waals surface area contributed by atoms with Gasteiger partial charge in [0.1, 0.15) is 0 Å². The first kappa shape index (κ1) is 17.4. The summed E-state index contributed by atoms with van der Waals surface area (Å²) in [5.74, 6) is 0.537. The van der Waals surface area contributed by atoms with Crippen LogP contribution < -0.4 is 5.73 Å². The van der Waals surface area contributed by atoms with Gasteiger partial charge in [0, 0.05) is 5.71 Å². The first-order chi connectivity index (χ1) is 12.0. The predicted octanol–water partition coefficient (Wildman–Crippen LogP) is 3.91. The molecule has 25 heavy (non-hydrogen) atoms. The Kier molecular flexibility index (Phi) is 4.59. The summed E-state index contributed by atoms with van der Waals surface area (Å²) in [6.07, 6.45) is 15.1. The summed E-state index contributed by atoms with van der Waals surface area (Å²) < 4.78 is 11.2. The second-order valence-corrected chi connectivity index (χ2v) is 8.75. The van der Waals surface area contributed by atoms with Crippen molar-refractivity contribution in [3.05, 3.63) is 23.8 Å². The molecule has 1 unspecified atom stereocenters. The number of allylic oxidation sites excluding steroid dienone is 4. The van der Waals surface area contributed by atoms with E-state index in [9.17, 15) is 0 Å². The molecular weight excluding hydrogens is 332 g/mol. The van der Waals surface area contributed by atoms with Crippen molar-refractivity contribution < 1.29 is 9.47 Å². The molecule has 0 radical (unpaired) electrons. The Bertz CT molecular complexity index is 650. The van der Waals surface area contributed by atoms with Gasteiger partial charge >= 0.3 is 0 Å². The van der Waals surface area contributed by atoms with Crippen LogP contribution in [0.15, 0.2) is 28.8 Å².